The maximum absolute atomic E-state index is 10.7. The number of aromatic carboxylic acids is 1. The van der Waals surface area contributed by atoms with Crippen LogP contribution >= 0.6 is 0 Å². The van der Waals surface area contributed by atoms with Gasteiger partial charge in [0.15, 0.2) is 5.75 Å². The Morgan fingerprint density at radius 1 is 1.38 bits per heavy atom. The number of carbonyl (C=O) groups is 1. The van der Waals surface area contributed by atoms with E-state index in [0.717, 1.165) is 0 Å². The van der Waals surface area contributed by atoms with Crippen molar-refractivity contribution in [3.8, 4) is 11.4 Å². The van der Waals surface area contributed by atoms with Crippen molar-refractivity contribution in [3.63, 3.8) is 0 Å². The lowest BCUT2D eigenvalue weighted by atomic mass is 10.4. The summed E-state index contributed by atoms with van der Waals surface area (Å²) >= 11 is 0. The molecule has 0 amide bonds. The molecule has 2 heterocycles. The van der Waals surface area contributed by atoms with Crippen LogP contribution in [0.15, 0.2) is 12.4 Å². The first-order chi connectivity index (χ1) is 7.49. The summed E-state index contributed by atoms with van der Waals surface area (Å²) in [7, 11) is 1.75. The van der Waals surface area contributed by atoms with Crippen LogP contribution in [0.5, 0.6) is 5.75 Å². The second kappa shape index (κ2) is 3.37. The number of aromatic nitrogens is 4. The SMILES string of the molecule is Cc1nn(C)cc1-n1cc(O)c(C(=O)O)n1. The maximum Gasteiger partial charge on any atom is 0.360 e. The molecular formula is C9H10N4O3. The van der Waals surface area contributed by atoms with Gasteiger partial charge in [-0.05, 0) is 6.92 Å². The third-order valence-corrected chi connectivity index (χ3v) is 2.13. The first-order valence-corrected chi connectivity index (χ1v) is 4.51. The quantitative estimate of drug-likeness (QED) is 0.763. The smallest absolute Gasteiger partial charge is 0.360 e. The molecule has 2 N–H and O–H groups in total. The molecule has 0 spiro atoms. The fourth-order valence-electron chi connectivity index (χ4n) is 1.45. The van der Waals surface area contributed by atoms with E-state index in [0.29, 0.717) is 11.4 Å². The second-order valence-corrected chi connectivity index (χ2v) is 3.39. The Hall–Kier alpha value is -2.31. The Morgan fingerprint density at radius 3 is 2.50 bits per heavy atom. The van der Waals surface area contributed by atoms with Gasteiger partial charge in [-0.25, -0.2) is 9.48 Å². The average molecular weight is 222 g/mol. The third kappa shape index (κ3) is 1.52. The lowest BCUT2D eigenvalue weighted by Gasteiger charge is -1.95. The Kier molecular flexibility index (Phi) is 2.15. The van der Waals surface area contributed by atoms with Gasteiger partial charge in [0, 0.05) is 7.05 Å². The monoisotopic (exact) mass is 222 g/mol. The fourth-order valence-corrected chi connectivity index (χ4v) is 1.45. The van der Waals surface area contributed by atoms with Crippen molar-refractivity contribution >= 4 is 5.97 Å². The Balaban J connectivity index is 2.53. The normalized spacial score (nSPS) is 10.6. The number of aryl methyl sites for hydroxylation is 2. The number of hydrogen-bond acceptors (Lipinski definition) is 4. The highest BCUT2D eigenvalue weighted by molar-refractivity contribution is 5.88. The second-order valence-electron chi connectivity index (χ2n) is 3.39. The molecule has 0 radical (unpaired) electrons. The van der Waals surface area contributed by atoms with E-state index in [-0.39, 0.29) is 11.4 Å². The molecule has 0 saturated carbocycles. The molecule has 2 rings (SSSR count). The van der Waals surface area contributed by atoms with Crippen LogP contribution in [0.25, 0.3) is 5.69 Å². The summed E-state index contributed by atoms with van der Waals surface area (Å²) in [5.74, 6) is -1.63. The van der Waals surface area contributed by atoms with E-state index in [4.69, 9.17) is 5.11 Å². The first kappa shape index (κ1) is 10.2. The Morgan fingerprint density at radius 2 is 2.06 bits per heavy atom. The van der Waals surface area contributed by atoms with E-state index in [9.17, 15) is 9.90 Å². The predicted molar refractivity (Wildman–Crippen MR) is 53.7 cm³/mol. The molecule has 0 aliphatic heterocycles. The van der Waals surface area contributed by atoms with Crippen LogP contribution in [0.2, 0.25) is 0 Å². The maximum atomic E-state index is 10.7. The molecule has 7 heteroatoms. The van der Waals surface area contributed by atoms with Crippen molar-refractivity contribution in [3.05, 3.63) is 23.8 Å². The molecule has 0 unspecified atom stereocenters. The van der Waals surface area contributed by atoms with Gasteiger partial charge in [0.2, 0.25) is 5.69 Å². The molecular weight excluding hydrogens is 212 g/mol. The highest BCUT2D eigenvalue weighted by Crippen LogP contribution is 2.19. The van der Waals surface area contributed by atoms with E-state index in [2.05, 4.69) is 10.2 Å². The molecule has 0 fully saturated rings. The minimum Gasteiger partial charge on any atom is -0.504 e. The summed E-state index contributed by atoms with van der Waals surface area (Å²) in [5.41, 5.74) is 0.954. The van der Waals surface area contributed by atoms with E-state index in [1.807, 2.05) is 0 Å². The van der Waals surface area contributed by atoms with Gasteiger partial charge in [0.25, 0.3) is 0 Å². The van der Waals surface area contributed by atoms with Gasteiger partial charge in [0.05, 0.1) is 18.1 Å². The minimum absolute atomic E-state index is 0.365. The number of hydrogen-bond donors (Lipinski definition) is 2. The van der Waals surface area contributed by atoms with Crippen LogP contribution in [0.4, 0.5) is 0 Å². The van der Waals surface area contributed by atoms with Crippen LogP contribution in [0.3, 0.4) is 0 Å². The minimum atomic E-state index is -1.27. The molecule has 0 bridgehead atoms. The number of nitrogens with zero attached hydrogens (tertiary/aromatic N) is 4. The van der Waals surface area contributed by atoms with Gasteiger partial charge in [-0.3, -0.25) is 4.68 Å². The topological polar surface area (TPSA) is 93.2 Å². The van der Waals surface area contributed by atoms with Crippen LogP contribution in [0, 0.1) is 6.92 Å². The van der Waals surface area contributed by atoms with Gasteiger partial charge in [0.1, 0.15) is 5.69 Å². The van der Waals surface area contributed by atoms with Gasteiger partial charge < -0.3 is 10.2 Å². The molecule has 2 aromatic heterocycles. The lowest BCUT2D eigenvalue weighted by molar-refractivity contribution is 0.0687. The zero-order valence-electron chi connectivity index (χ0n) is 8.75. The summed E-state index contributed by atoms with van der Waals surface area (Å²) < 4.78 is 2.88. The molecule has 0 atom stereocenters. The van der Waals surface area contributed by atoms with Crippen molar-refractivity contribution < 1.29 is 15.0 Å². The summed E-state index contributed by atoms with van der Waals surface area (Å²) in [6, 6.07) is 0. The van der Waals surface area contributed by atoms with Crippen LogP contribution < -0.4 is 0 Å². The number of rotatable bonds is 2. The van der Waals surface area contributed by atoms with Gasteiger partial charge in [-0.15, -0.1) is 0 Å². The van der Waals surface area contributed by atoms with E-state index in [1.54, 1.807) is 24.9 Å². The fraction of sp³-hybridized carbons (Fsp3) is 0.222. The molecule has 16 heavy (non-hydrogen) atoms. The summed E-state index contributed by atoms with van der Waals surface area (Å²) in [6.07, 6.45) is 2.93. The Labute approximate surface area is 90.5 Å². The molecule has 2 aromatic rings. The molecule has 0 saturated heterocycles. The number of carboxylic acid groups (broad SMARTS) is 1. The highest BCUT2D eigenvalue weighted by Gasteiger charge is 2.17. The molecule has 84 valence electrons. The number of carboxylic acids is 1. The van der Waals surface area contributed by atoms with E-state index < -0.39 is 5.97 Å². The zero-order valence-corrected chi connectivity index (χ0v) is 8.75. The Bertz CT molecular complexity index is 555. The van der Waals surface area contributed by atoms with Crippen LogP contribution in [-0.2, 0) is 7.05 Å². The van der Waals surface area contributed by atoms with Gasteiger partial charge in [-0.1, -0.05) is 0 Å². The van der Waals surface area contributed by atoms with Crippen LogP contribution in [-0.4, -0.2) is 35.7 Å². The van der Waals surface area contributed by atoms with E-state index >= 15 is 0 Å². The summed E-state index contributed by atoms with van der Waals surface area (Å²) in [5, 5.41) is 26.0. The van der Waals surface area contributed by atoms with Gasteiger partial charge >= 0.3 is 5.97 Å². The molecule has 0 aliphatic rings. The average Bonchev–Trinajstić information content (AvgIpc) is 2.69. The van der Waals surface area contributed by atoms with E-state index in [1.165, 1.54) is 10.9 Å². The molecule has 7 nitrogen and oxygen atoms in total. The number of aromatic hydroxyl groups is 1. The third-order valence-electron chi connectivity index (χ3n) is 2.13. The molecule has 0 aliphatic carbocycles. The predicted octanol–water partition coefficient (Wildman–Crippen LogP) is 0.318. The standard InChI is InChI=1S/C9H10N4O3/c1-5-6(3-12(2)10-5)13-4-7(14)8(11-13)9(15)16/h3-4,14H,1-2H3,(H,15,16). The van der Waals surface area contributed by atoms with Gasteiger partial charge in [-0.2, -0.15) is 10.2 Å². The highest BCUT2D eigenvalue weighted by atomic mass is 16.4. The first-order valence-electron chi connectivity index (χ1n) is 4.51. The van der Waals surface area contributed by atoms with Crippen molar-refractivity contribution in [1.82, 2.24) is 19.6 Å². The van der Waals surface area contributed by atoms with Crippen LogP contribution in [0.1, 0.15) is 16.2 Å². The lowest BCUT2D eigenvalue weighted by Crippen LogP contribution is -2.01. The summed E-state index contributed by atoms with van der Waals surface area (Å²) in [6.45, 7) is 1.77. The van der Waals surface area contributed by atoms with Crippen molar-refractivity contribution in [2.75, 3.05) is 0 Å². The summed E-state index contributed by atoms with van der Waals surface area (Å²) in [4.78, 5) is 10.7. The zero-order chi connectivity index (χ0) is 11.9. The van der Waals surface area contributed by atoms with Crippen molar-refractivity contribution in [2.45, 2.75) is 6.92 Å². The van der Waals surface area contributed by atoms with Crippen molar-refractivity contribution in [1.29, 1.82) is 0 Å². The molecule has 0 aromatic carbocycles. The van der Waals surface area contributed by atoms with Crippen molar-refractivity contribution in [2.24, 2.45) is 7.05 Å². The largest absolute Gasteiger partial charge is 0.504 e.